The highest BCUT2D eigenvalue weighted by molar-refractivity contribution is 6.30. The summed E-state index contributed by atoms with van der Waals surface area (Å²) in [6, 6.07) is 10.3. The van der Waals surface area contributed by atoms with Crippen molar-refractivity contribution in [2.24, 2.45) is 10.9 Å². The molecule has 2 aromatic rings. The highest BCUT2D eigenvalue weighted by atomic mass is 35.5. The van der Waals surface area contributed by atoms with Gasteiger partial charge in [-0.3, -0.25) is 0 Å². The molecule has 0 saturated carbocycles. The van der Waals surface area contributed by atoms with Gasteiger partial charge >= 0.3 is 0 Å². The van der Waals surface area contributed by atoms with Crippen molar-refractivity contribution in [2.75, 3.05) is 0 Å². The van der Waals surface area contributed by atoms with Crippen molar-refractivity contribution in [3.8, 4) is 11.6 Å². The molecule has 6 heteroatoms. The van der Waals surface area contributed by atoms with E-state index in [2.05, 4.69) is 10.1 Å². The summed E-state index contributed by atoms with van der Waals surface area (Å²) in [4.78, 5) is 4.23. The normalized spacial score (nSPS) is 11.4. The van der Waals surface area contributed by atoms with Crippen molar-refractivity contribution in [1.82, 2.24) is 4.98 Å². The van der Waals surface area contributed by atoms with Gasteiger partial charge in [0.25, 0.3) is 0 Å². The van der Waals surface area contributed by atoms with Crippen LogP contribution in [0.4, 0.5) is 0 Å². The molecule has 0 atom stereocenters. The van der Waals surface area contributed by atoms with Crippen LogP contribution in [0.2, 0.25) is 5.02 Å². The maximum atomic E-state index is 8.75. The SMILES string of the molecule is Cc1ccc(C(N)=NO)c(Oc2ccc(Cl)cc2)n1. The Bertz CT molecular complexity index is 612. The molecule has 0 amide bonds. The summed E-state index contributed by atoms with van der Waals surface area (Å²) in [6.45, 7) is 1.82. The Morgan fingerprint density at radius 3 is 2.58 bits per heavy atom. The van der Waals surface area contributed by atoms with Crippen LogP contribution in [0.1, 0.15) is 11.3 Å². The van der Waals surface area contributed by atoms with Gasteiger partial charge in [0.15, 0.2) is 5.84 Å². The number of nitrogens with zero attached hydrogens (tertiary/aromatic N) is 2. The molecule has 1 aromatic heterocycles. The number of oxime groups is 1. The molecule has 2 rings (SSSR count). The van der Waals surface area contributed by atoms with Crippen molar-refractivity contribution in [3.05, 3.63) is 52.7 Å². The van der Waals surface area contributed by atoms with E-state index in [0.29, 0.717) is 16.3 Å². The van der Waals surface area contributed by atoms with Gasteiger partial charge in [-0.25, -0.2) is 4.98 Å². The molecule has 0 aliphatic carbocycles. The molecule has 0 aliphatic rings. The number of ether oxygens (including phenoxy) is 1. The third-order valence-electron chi connectivity index (χ3n) is 2.41. The van der Waals surface area contributed by atoms with E-state index in [9.17, 15) is 0 Å². The first-order valence-electron chi connectivity index (χ1n) is 5.49. The van der Waals surface area contributed by atoms with Crippen LogP contribution in [-0.4, -0.2) is 16.0 Å². The van der Waals surface area contributed by atoms with E-state index in [1.54, 1.807) is 36.4 Å². The summed E-state index contributed by atoms with van der Waals surface area (Å²) in [6.07, 6.45) is 0. The molecule has 0 fully saturated rings. The number of hydrogen-bond donors (Lipinski definition) is 2. The van der Waals surface area contributed by atoms with Crippen molar-refractivity contribution in [2.45, 2.75) is 6.92 Å². The molecular weight excluding hydrogens is 266 g/mol. The molecule has 19 heavy (non-hydrogen) atoms. The number of aromatic nitrogens is 1. The number of nitrogens with two attached hydrogens (primary N) is 1. The number of aryl methyl sites for hydroxylation is 1. The monoisotopic (exact) mass is 277 g/mol. The standard InChI is InChI=1S/C13H12ClN3O2/c1-8-2-7-11(12(15)17-18)13(16-8)19-10-5-3-9(14)4-6-10/h2-7,18H,1H3,(H2,15,17). The summed E-state index contributed by atoms with van der Waals surface area (Å²) < 4.78 is 5.63. The zero-order valence-corrected chi connectivity index (χ0v) is 10.9. The van der Waals surface area contributed by atoms with Crippen LogP contribution in [-0.2, 0) is 0 Å². The van der Waals surface area contributed by atoms with Gasteiger partial charge in [-0.1, -0.05) is 16.8 Å². The van der Waals surface area contributed by atoms with Gasteiger partial charge in [-0.15, -0.1) is 0 Å². The van der Waals surface area contributed by atoms with E-state index < -0.39 is 0 Å². The second-order valence-corrected chi connectivity index (χ2v) is 4.28. The Balaban J connectivity index is 2.38. The lowest BCUT2D eigenvalue weighted by Crippen LogP contribution is -2.15. The first-order chi connectivity index (χ1) is 9.10. The fourth-order valence-electron chi connectivity index (χ4n) is 1.47. The van der Waals surface area contributed by atoms with Gasteiger partial charge in [0.05, 0.1) is 5.56 Å². The van der Waals surface area contributed by atoms with Gasteiger partial charge in [0.1, 0.15) is 5.75 Å². The van der Waals surface area contributed by atoms with E-state index in [1.165, 1.54) is 0 Å². The van der Waals surface area contributed by atoms with Crippen LogP contribution in [0, 0.1) is 6.92 Å². The summed E-state index contributed by atoms with van der Waals surface area (Å²) in [5.74, 6) is 0.781. The average Bonchev–Trinajstić information content (AvgIpc) is 2.41. The lowest BCUT2D eigenvalue weighted by atomic mass is 10.2. The molecule has 1 aromatic carbocycles. The summed E-state index contributed by atoms with van der Waals surface area (Å²) >= 11 is 5.80. The molecule has 0 unspecified atom stereocenters. The Kier molecular flexibility index (Phi) is 3.87. The molecule has 98 valence electrons. The van der Waals surface area contributed by atoms with E-state index in [-0.39, 0.29) is 11.7 Å². The Morgan fingerprint density at radius 1 is 1.26 bits per heavy atom. The number of rotatable bonds is 3. The fraction of sp³-hybridized carbons (Fsp3) is 0.0769. The molecule has 1 heterocycles. The Morgan fingerprint density at radius 2 is 1.95 bits per heavy atom. The quantitative estimate of drug-likeness (QED) is 0.391. The number of hydrogen-bond acceptors (Lipinski definition) is 4. The number of amidine groups is 1. The van der Waals surface area contributed by atoms with Crippen LogP contribution in [0.15, 0.2) is 41.6 Å². The average molecular weight is 278 g/mol. The van der Waals surface area contributed by atoms with Gasteiger partial charge in [-0.2, -0.15) is 0 Å². The van der Waals surface area contributed by atoms with Crippen molar-refractivity contribution < 1.29 is 9.94 Å². The molecule has 0 aliphatic heterocycles. The minimum Gasteiger partial charge on any atom is -0.438 e. The third-order valence-corrected chi connectivity index (χ3v) is 2.66. The van der Waals surface area contributed by atoms with Crippen LogP contribution in [0.3, 0.4) is 0 Å². The minimum absolute atomic E-state index is 0.0588. The topological polar surface area (TPSA) is 80.7 Å². The van der Waals surface area contributed by atoms with Crippen LogP contribution >= 0.6 is 11.6 Å². The fourth-order valence-corrected chi connectivity index (χ4v) is 1.60. The van der Waals surface area contributed by atoms with Crippen LogP contribution < -0.4 is 10.5 Å². The maximum absolute atomic E-state index is 8.75. The second kappa shape index (κ2) is 5.58. The zero-order chi connectivity index (χ0) is 13.8. The first kappa shape index (κ1) is 13.2. The lowest BCUT2D eigenvalue weighted by molar-refractivity contribution is 0.318. The lowest BCUT2D eigenvalue weighted by Gasteiger charge is -2.09. The van der Waals surface area contributed by atoms with Crippen molar-refractivity contribution in [3.63, 3.8) is 0 Å². The second-order valence-electron chi connectivity index (χ2n) is 3.85. The molecule has 0 saturated heterocycles. The maximum Gasteiger partial charge on any atom is 0.230 e. The van der Waals surface area contributed by atoms with Crippen LogP contribution in [0.5, 0.6) is 11.6 Å². The number of halogens is 1. The van der Waals surface area contributed by atoms with Crippen molar-refractivity contribution in [1.29, 1.82) is 0 Å². The molecule has 5 nitrogen and oxygen atoms in total. The predicted molar refractivity (Wildman–Crippen MR) is 73.0 cm³/mol. The largest absolute Gasteiger partial charge is 0.438 e. The van der Waals surface area contributed by atoms with E-state index >= 15 is 0 Å². The summed E-state index contributed by atoms with van der Waals surface area (Å²) in [5.41, 5.74) is 6.76. The van der Waals surface area contributed by atoms with Gasteiger partial charge < -0.3 is 15.7 Å². The van der Waals surface area contributed by atoms with Gasteiger partial charge in [0.2, 0.25) is 5.88 Å². The zero-order valence-electron chi connectivity index (χ0n) is 10.2. The molecule has 0 spiro atoms. The van der Waals surface area contributed by atoms with E-state index in [4.69, 9.17) is 27.3 Å². The highest BCUT2D eigenvalue weighted by Crippen LogP contribution is 2.24. The van der Waals surface area contributed by atoms with E-state index in [1.807, 2.05) is 6.92 Å². The first-order valence-corrected chi connectivity index (χ1v) is 5.87. The smallest absolute Gasteiger partial charge is 0.230 e. The van der Waals surface area contributed by atoms with Gasteiger partial charge in [-0.05, 0) is 43.3 Å². The third kappa shape index (κ3) is 3.14. The predicted octanol–water partition coefficient (Wildman–Crippen LogP) is 2.93. The molecular formula is C13H12ClN3O2. The Labute approximate surface area is 115 Å². The molecule has 0 radical (unpaired) electrons. The summed E-state index contributed by atoms with van der Waals surface area (Å²) in [5, 5.41) is 12.3. The Hall–Kier alpha value is -2.27. The van der Waals surface area contributed by atoms with E-state index in [0.717, 1.165) is 5.69 Å². The molecule has 0 bridgehead atoms. The summed E-state index contributed by atoms with van der Waals surface area (Å²) in [7, 11) is 0. The van der Waals surface area contributed by atoms with Crippen LogP contribution in [0.25, 0.3) is 0 Å². The molecule has 3 N–H and O–H groups in total. The van der Waals surface area contributed by atoms with Crippen molar-refractivity contribution >= 4 is 17.4 Å². The minimum atomic E-state index is -0.0588. The number of pyridine rings is 1. The number of benzene rings is 1. The van der Waals surface area contributed by atoms with Gasteiger partial charge in [0, 0.05) is 10.7 Å². The highest BCUT2D eigenvalue weighted by Gasteiger charge is 2.11.